The zero-order valence-electron chi connectivity index (χ0n) is 16.1. The zero-order valence-corrected chi connectivity index (χ0v) is 16.1. The summed E-state index contributed by atoms with van der Waals surface area (Å²) in [5, 5.41) is 4.49. The number of benzene rings is 1. The van der Waals surface area contributed by atoms with Crippen molar-refractivity contribution in [3.8, 4) is 0 Å². The van der Waals surface area contributed by atoms with Crippen LogP contribution in [-0.2, 0) is 12.8 Å². The molecule has 1 aliphatic heterocycles. The summed E-state index contributed by atoms with van der Waals surface area (Å²) in [7, 11) is 0. The van der Waals surface area contributed by atoms with E-state index >= 15 is 0 Å². The second kappa shape index (κ2) is 6.51. The smallest absolute Gasteiger partial charge is 0.254 e. The number of aryl methyl sites for hydroxylation is 3. The molecule has 2 aliphatic rings. The van der Waals surface area contributed by atoms with Crippen LogP contribution in [0.4, 0.5) is 11.5 Å². The second-order valence-corrected chi connectivity index (χ2v) is 7.80. The van der Waals surface area contributed by atoms with E-state index in [4.69, 9.17) is 4.98 Å². The van der Waals surface area contributed by atoms with Gasteiger partial charge in [0.15, 0.2) is 0 Å². The van der Waals surface area contributed by atoms with Gasteiger partial charge in [0.05, 0.1) is 5.69 Å². The summed E-state index contributed by atoms with van der Waals surface area (Å²) in [6.45, 7) is 8.43. The number of rotatable bonds is 2. The Morgan fingerprint density at radius 2 is 1.70 bits per heavy atom. The summed E-state index contributed by atoms with van der Waals surface area (Å²) in [5.41, 5.74) is 6.67. The lowest BCUT2D eigenvalue weighted by molar-refractivity contribution is 0.614. The zero-order chi connectivity index (χ0) is 18.4. The van der Waals surface area contributed by atoms with Gasteiger partial charge in [-0.05, 0) is 56.7 Å². The largest absolute Gasteiger partial charge is 0.368 e. The Balaban J connectivity index is 1.46. The Kier molecular flexibility index (Phi) is 3.99. The van der Waals surface area contributed by atoms with Crippen molar-refractivity contribution in [2.45, 2.75) is 39.5 Å². The predicted octanol–water partition coefficient (Wildman–Crippen LogP) is 2.95. The van der Waals surface area contributed by atoms with Crippen LogP contribution in [0.1, 0.15) is 35.2 Å². The molecule has 1 fully saturated rings. The van der Waals surface area contributed by atoms with E-state index in [1.807, 2.05) is 4.52 Å². The van der Waals surface area contributed by atoms with Gasteiger partial charge in [-0.15, -0.1) is 0 Å². The molecule has 0 bridgehead atoms. The monoisotopic (exact) mass is 362 g/mol. The number of hydrogen-bond acceptors (Lipinski definition) is 5. The van der Waals surface area contributed by atoms with Crippen LogP contribution in [0.3, 0.4) is 0 Å². The van der Waals surface area contributed by atoms with E-state index in [1.54, 1.807) is 6.33 Å². The molecule has 0 atom stereocenters. The minimum atomic E-state index is 0.739. The standard InChI is InChI=1S/C21H26N6/c1-15-7-8-16(2)19(13-15)25-9-11-26(12-10-25)20-17-5-3-4-6-18(17)24-21-22-14-23-27(20)21/h7-8,13-14H,3-6,9-12H2,1-2H3. The van der Waals surface area contributed by atoms with Crippen molar-refractivity contribution >= 4 is 17.3 Å². The molecule has 1 aliphatic carbocycles. The molecule has 27 heavy (non-hydrogen) atoms. The number of aromatic nitrogens is 4. The van der Waals surface area contributed by atoms with Crippen molar-refractivity contribution in [2.75, 3.05) is 36.0 Å². The Morgan fingerprint density at radius 3 is 2.56 bits per heavy atom. The third kappa shape index (κ3) is 2.83. The Morgan fingerprint density at radius 1 is 0.926 bits per heavy atom. The molecular formula is C21H26N6. The van der Waals surface area contributed by atoms with Crippen LogP contribution in [0.5, 0.6) is 0 Å². The first-order valence-electron chi connectivity index (χ1n) is 9.99. The molecule has 0 radical (unpaired) electrons. The Labute approximate surface area is 159 Å². The molecule has 3 aromatic rings. The van der Waals surface area contributed by atoms with Crippen molar-refractivity contribution in [3.63, 3.8) is 0 Å². The van der Waals surface area contributed by atoms with Crippen LogP contribution in [0, 0.1) is 13.8 Å². The molecule has 1 saturated heterocycles. The van der Waals surface area contributed by atoms with Crippen molar-refractivity contribution in [1.29, 1.82) is 0 Å². The summed E-state index contributed by atoms with van der Waals surface area (Å²) in [6, 6.07) is 6.74. The van der Waals surface area contributed by atoms with Crippen LogP contribution in [-0.4, -0.2) is 45.8 Å². The fraction of sp³-hybridized carbons (Fsp3) is 0.476. The van der Waals surface area contributed by atoms with Gasteiger partial charge < -0.3 is 9.80 Å². The number of nitrogens with zero attached hydrogens (tertiary/aromatic N) is 6. The maximum absolute atomic E-state index is 4.77. The van der Waals surface area contributed by atoms with E-state index in [0.717, 1.165) is 44.8 Å². The highest BCUT2D eigenvalue weighted by Crippen LogP contribution is 2.31. The van der Waals surface area contributed by atoms with E-state index in [1.165, 1.54) is 46.7 Å². The summed E-state index contributed by atoms with van der Waals surface area (Å²) in [6.07, 6.45) is 6.26. The summed E-state index contributed by atoms with van der Waals surface area (Å²) >= 11 is 0. The number of hydrogen-bond donors (Lipinski definition) is 0. The second-order valence-electron chi connectivity index (χ2n) is 7.80. The molecule has 0 spiro atoms. The lowest BCUT2D eigenvalue weighted by atomic mass is 9.96. The van der Waals surface area contributed by atoms with Gasteiger partial charge in [-0.25, -0.2) is 4.98 Å². The fourth-order valence-electron chi connectivity index (χ4n) is 4.51. The SMILES string of the molecule is Cc1ccc(C)c(N2CCN(c3c4c(nc5ncnn35)CCCC4)CC2)c1. The maximum Gasteiger partial charge on any atom is 0.254 e. The van der Waals surface area contributed by atoms with Crippen LogP contribution >= 0.6 is 0 Å². The average Bonchev–Trinajstić information content (AvgIpc) is 3.16. The summed E-state index contributed by atoms with van der Waals surface area (Å²) in [5.74, 6) is 1.97. The first-order valence-corrected chi connectivity index (χ1v) is 9.99. The number of fused-ring (bicyclic) bond motifs is 2. The minimum Gasteiger partial charge on any atom is -0.368 e. The first-order chi connectivity index (χ1) is 13.2. The normalized spacial score (nSPS) is 17.4. The fourth-order valence-corrected chi connectivity index (χ4v) is 4.51. The molecule has 6 heteroatoms. The predicted molar refractivity (Wildman–Crippen MR) is 108 cm³/mol. The van der Waals surface area contributed by atoms with Crippen molar-refractivity contribution < 1.29 is 0 Å². The molecule has 140 valence electrons. The molecule has 0 amide bonds. The van der Waals surface area contributed by atoms with Crippen LogP contribution in [0.15, 0.2) is 24.5 Å². The Hall–Kier alpha value is -2.63. The summed E-state index contributed by atoms with van der Waals surface area (Å²) in [4.78, 5) is 14.2. The highest BCUT2D eigenvalue weighted by Gasteiger charge is 2.26. The molecule has 0 unspecified atom stereocenters. The topological polar surface area (TPSA) is 49.6 Å². The van der Waals surface area contributed by atoms with Gasteiger partial charge >= 0.3 is 0 Å². The van der Waals surface area contributed by atoms with E-state index in [9.17, 15) is 0 Å². The van der Waals surface area contributed by atoms with Gasteiger partial charge in [-0.1, -0.05) is 12.1 Å². The van der Waals surface area contributed by atoms with Gasteiger partial charge in [-0.3, -0.25) is 0 Å². The van der Waals surface area contributed by atoms with Gasteiger partial charge in [-0.2, -0.15) is 14.6 Å². The molecule has 1 aromatic carbocycles. The van der Waals surface area contributed by atoms with Crippen LogP contribution < -0.4 is 9.80 Å². The summed E-state index contributed by atoms with van der Waals surface area (Å²) < 4.78 is 1.96. The molecule has 0 N–H and O–H groups in total. The number of piperazine rings is 1. The van der Waals surface area contributed by atoms with Gasteiger partial charge in [0.25, 0.3) is 5.78 Å². The average molecular weight is 362 g/mol. The molecule has 5 rings (SSSR count). The Bertz CT molecular complexity index is 984. The van der Waals surface area contributed by atoms with E-state index in [-0.39, 0.29) is 0 Å². The van der Waals surface area contributed by atoms with Gasteiger partial charge in [0.1, 0.15) is 12.1 Å². The third-order valence-corrected chi connectivity index (χ3v) is 5.96. The van der Waals surface area contributed by atoms with Crippen molar-refractivity contribution in [1.82, 2.24) is 19.6 Å². The quantitative estimate of drug-likeness (QED) is 0.701. The molecular weight excluding hydrogens is 336 g/mol. The van der Waals surface area contributed by atoms with Crippen molar-refractivity contribution in [3.05, 3.63) is 46.9 Å². The van der Waals surface area contributed by atoms with Crippen LogP contribution in [0.2, 0.25) is 0 Å². The highest BCUT2D eigenvalue weighted by atomic mass is 15.4. The first kappa shape index (κ1) is 16.5. The highest BCUT2D eigenvalue weighted by molar-refractivity contribution is 5.59. The van der Waals surface area contributed by atoms with Gasteiger partial charge in [0.2, 0.25) is 0 Å². The lowest BCUT2D eigenvalue weighted by Crippen LogP contribution is -2.48. The van der Waals surface area contributed by atoms with E-state index in [0.29, 0.717) is 0 Å². The third-order valence-electron chi connectivity index (χ3n) is 5.96. The minimum absolute atomic E-state index is 0.739. The van der Waals surface area contributed by atoms with E-state index in [2.05, 4.69) is 51.9 Å². The molecule has 2 aromatic heterocycles. The maximum atomic E-state index is 4.77. The molecule has 3 heterocycles. The van der Waals surface area contributed by atoms with Gasteiger partial charge in [0, 0.05) is 37.4 Å². The molecule has 6 nitrogen and oxygen atoms in total. The lowest BCUT2D eigenvalue weighted by Gasteiger charge is -2.39. The number of anilines is 2. The van der Waals surface area contributed by atoms with Crippen LogP contribution in [0.25, 0.3) is 5.78 Å². The van der Waals surface area contributed by atoms with E-state index < -0.39 is 0 Å². The molecule has 0 saturated carbocycles. The van der Waals surface area contributed by atoms with Crippen molar-refractivity contribution in [2.24, 2.45) is 0 Å².